The number of rotatable bonds is 5. The lowest BCUT2D eigenvalue weighted by molar-refractivity contribution is -0.0893. The topological polar surface area (TPSA) is 55.5 Å². The Kier molecular flexibility index (Phi) is 5.04. The Morgan fingerprint density at radius 1 is 0.829 bits per heavy atom. The van der Waals surface area contributed by atoms with E-state index in [1.54, 1.807) is 25.2 Å². The van der Waals surface area contributed by atoms with E-state index in [9.17, 15) is 5.11 Å². The van der Waals surface area contributed by atoms with Gasteiger partial charge in [-0.2, -0.15) is 0 Å². The van der Waals surface area contributed by atoms with Gasteiger partial charge in [-0.15, -0.1) is 11.3 Å². The molecular formula is C29H26BNO3S. The molecule has 0 bridgehead atoms. The molecule has 0 aliphatic rings. The monoisotopic (exact) mass is 479 g/mol. The zero-order valence-electron chi connectivity index (χ0n) is 20.3. The van der Waals surface area contributed by atoms with Crippen molar-refractivity contribution in [2.75, 3.05) is 0 Å². The van der Waals surface area contributed by atoms with E-state index in [0.717, 1.165) is 37.6 Å². The molecule has 2 heterocycles. The van der Waals surface area contributed by atoms with Gasteiger partial charge < -0.3 is 14.2 Å². The van der Waals surface area contributed by atoms with Gasteiger partial charge in [0.1, 0.15) is 5.52 Å². The average Bonchev–Trinajstić information content (AvgIpc) is 3.44. The maximum atomic E-state index is 10.5. The fourth-order valence-electron chi connectivity index (χ4n) is 4.37. The Hall–Kier alpha value is -3.19. The zero-order valence-corrected chi connectivity index (χ0v) is 21.1. The van der Waals surface area contributed by atoms with Crippen molar-refractivity contribution in [2.24, 2.45) is 0 Å². The molecule has 0 saturated carbocycles. The van der Waals surface area contributed by atoms with E-state index in [0.29, 0.717) is 13.4 Å². The molecule has 4 aromatic carbocycles. The standard InChI is InChI=1S/C29H26BNO3S/c1-28(2,32)29(3,4)34-30-22-14-8-12-20-19-11-7-13-21(25(19)35-26(20)22)27-31-23-16-15-17-9-5-6-10-18(17)24(23)33-27/h5-16,30,32H,1-4H3. The lowest BCUT2D eigenvalue weighted by atomic mass is 9.82. The quantitative estimate of drug-likeness (QED) is 0.285. The van der Waals surface area contributed by atoms with Gasteiger partial charge in [0.05, 0.1) is 16.8 Å². The number of fused-ring (bicyclic) bond motifs is 6. The van der Waals surface area contributed by atoms with Crippen LogP contribution in [-0.2, 0) is 4.65 Å². The number of nitrogens with zero attached hydrogens (tertiary/aromatic N) is 1. The molecule has 1 N–H and O–H groups in total. The molecular weight excluding hydrogens is 453 g/mol. The van der Waals surface area contributed by atoms with Crippen LogP contribution in [0.1, 0.15) is 27.7 Å². The summed E-state index contributed by atoms with van der Waals surface area (Å²) < 4.78 is 14.9. The highest BCUT2D eigenvalue weighted by atomic mass is 32.1. The summed E-state index contributed by atoms with van der Waals surface area (Å²) in [4.78, 5) is 4.86. The number of aliphatic hydroxyl groups is 1. The minimum absolute atomic E-state index is 0.422. The number of aromatic nitrogens is 1. The Morgan fingerprint density at radius 2 is 1.54 bits per heavy atom. The van der Waals surface area contributed by atoms with Crippen LogP contribution in [0.25, 0.3) is 53.5 Å². The van der Waals surface area contributed by atoms with Crippen LogP contribution in [-0.4, -0.2) is 28.8 Å². The first-order valence-electron chi connectivity index (χ1n) is 11.8. The molecule has 6 aromatic rings. The number of oxazole rings is 1. The highest BCUT2D eigenvalue weighted by molar-refractivity contribution is 7.27. The van der Waals surface area contributed by atoms with Crippen LogP contribution in [0.2, 0.25) is 0 Å². The van der Waals surface area contributed by atoms with Crippen LogP contribution in [0.4, 0.5) is 0 Å². The third-order valence-electron chi connectivity index (χ3n) is 7.18. The summed E-state index contributed by atoms with van der Waals surface area (Å²) in [5.74, 6) is 0.634. The lowest BCUT2D eigenvalue weighted by Gasteiger charge is -2.37. The van der Waals surface area contributed by atoms with E-state index in [1.807, 2.05) is 32.0 Å². The normalized spacial score (nSPS) is 12.8. The van der Waals surface area contributed by atoms with Gasteiger partial charge in [0.25, 0.3) is 0 Å². The molecule has 0 saturated heterocycles. The minimum atomic E-state index is -0.953. The number of hydrogen-bond donors (Lipinski definition) is 1. The number of benzene rings is 4. The average molecular weight is 479 g/mol. The van der Waals surface area contributed by atoms with Crippen molar-refractivity contribution < 1.29 is 14.2 Å². The molecule has 0 amide bonds. The van der Waals surface area contributed by atoms with Crippen molar-refractivity contribution in [2.45, 2.75) is 38.9 Å². The highest BCUT2D eigenvalue weighted by Gasteiger charge is 2.35. The van der Waals surface area contributed by atoms with Gasteiger partial charge in [-0.3, -0.25) is 0 Å². The van der Waals surface area contributed by atoms with Crippen LogP contribution >= 0.6 is 11.3 Å². The van der Waals surface area contributed by atoms with E-state index in [2.05, 4.69) is 54.6 Å². The van der Waals surface area contributed by atoms with Gasteiger partial charge >= 0.3 is 7.48 Å². The second-order valence-electron chi connectivity index (χ2n) is 10.1. The van der Waals surface area contributed by atoms with Gasteiger partial charge in [0.15, 0.2) is 5.58 Å². The zero-order chi connectivity index (χ0) is 24.4. The second-order valence-corrected chi connectivity index (χ2v) is 11.1. The first-order chi connectivity index (χ1) is 16.7. The molecule has 0 atom stereocenters. The lowest BCUT2D eigenvalue weighted by Crippen LogP contribution is -2.49. The smallest absolute Gasteiger partial charge is 0.310 e. The van der Waals surface area contributed by atoms with E-state index in [-0.39, 0.29) is 0 Å². The molecule has 35 heavy (non-hydrogen) atoms. The predicted molar refractivity (Wildman–Crippen MR) is 148 cm³/mol. The maximum Gasteiger partial charge on any atom is 0.310 e. The first-order valence-corrected chi connectivity index (χ1v) is 12.6. The summed E-state index contributed by atoms with van der Waals surface area (Å²) in [6.07, 6.45) is 0. The van der Waals surface area contributed by atoms with Crippen molar-refractivity contribution in [3.63, 3.8) is 0 Å². The molecule has 2 aromatic heterocycles. The molecule has 6 heteroatoms. The van der Waals surface area contributed by atoms with Gasteiger partial charge in [-0.1, -0.05) is 60.7 Å². The summed E-state index contributed by atoms with van der Waals surface area (Å²) >= 11 is 1.74. The van der Waals surface area contributed by atoms with E-state index < -0.39 is 11.2 Å². The summed E-state index contributed by atoms with van der Waals surface area (Å²) in [5, 5.41) is 15.1. The SMILES string of the molecule is CC(C)(O)C(C)(C)OBc1cccc2c1sc1c(-c3nc4ccc5ccccc5c4o3)cccc12. The van der Waals surface area contributed by atoms with Crippen molar-refractivity contribution in [1.29, 1.82) is 0 Å². The molecule has 4 nitrogen and oxygen atoms in total. The van der Waals surface area contributed by atoms with Crippen molar-refractivity contribution in [3.05, 3.63) is 72.8 Å². The summed E-state index contributed by atoms with van der Waals surface area (Å²) in [6.45, 7) is 7.41. The predicted octanol–water partition coefficient (Wildman–Crippen LogP) is 6.56. The molecule has 0 fully saturated rings. The van der Waals surface area contributed by atoms with Crippen LogP contribution < -0.4 is 5.46 Å². The molecule has 174 valence electrons. The van der Waals surface area contributed by atoms with Crippen molar-refractivity contribution >= 4 is 66.3 Å². The van der Waals surface area contributed by atoms with Crippen molar-refractivity contribution in [1.82, 2.24) is 4.98 Å². The molecule has 0 unspecified atom stereocenters. The van der Waals surface area contributed by atoms with Gasteiger partial charge in [-0.05, 0) is 56.1 Å². The van der Waals surface area contributed by atoms with Crippen LogP contribution in [0.15, 0.2) is 77.2 Å². The van der Waals surface area contributed by atoms with Gasteiger partial charge in [0.2, 0.25) is 5.89 Å². The summed E-state index contributed by atoms with van der Waals surface area (Å²) in [5.41, 5.74) is 2.14. The summed E-state index contributed by atoms with van der Waals surface area (Å²) in [6, 6.07) is 25.0. The number of hydrogen-bond acceptors (Lipinski definition) is 5. The van der Waals surface area contributed by atoms with E-state index in [4.69, 9.17) is 14.1 Å². The summed E-state index contributed by atoms with van der Waals surface area (Å²) in [7, 11) is 0.422. The molecule has 0 aliphatic carbocycles. The Morgan fingerprint density at radius 3 is 2.34 bits per heavy atom. The van der Waals surface area contributed by atoms with Crippen LogP contribution in [0.5, 0.6) is 0 Å². The van der Waals surface area contributed by atoms with Crippen LogP contribution in [0, 0.1) is 0 Å². The Labute approximate surface area is 208 Å². The minimum Gasteiger partial charge on any atom is -0.435 e. The Balaban J connectivity index is 1.48. The Bertz CT molecular complexity index is 1730. The van der Waals surface area contributed by atoms with E-state index >= 15 is 0 Å². The molecule has 6 rings (SSSR count). The highest BCUT2D eigenvalue weighted by Crippen LogP contribution is 2.40. The van der Waals surface area contributed by atoms with E-state index in [1.165, 1.54) is 15.5 Å². The fraction of sp³-hybridized carbons (Fsp3) is 0.207. The third kappa shape index (κ3) is 3.64. The fourth-order valence-corrected chi connectivity index (χ4v) is 5.67. The number of thiophene rings is 1. The van der Waals surface area contributed by atoms with Crippen molar-refractivity contribution in [3.8, 4) is 11.5 Å². The van der Waals surface area contributed by atoms with Gasteiger partial charge in [0, 0.05) is 20.2 Å². The van der Waals surface area contributed by atoms with Gasteiger partial charge in [-0.25, -0.2) is 4.98 Å². The first kappa shape index (κ1) is 22.3. The molecule has 0 aliphatic heterocycles. The molecule has 0 spiro atoms. The third-order valence-corrected chi connectivity index (χ3v) is 8.51. The maximum absolute atomic E-state index is 10.5. The largest absolute Gasteiger partial charge is 0.435 e. The second kappa shape index (κ2) is 7.92. The molecule has 0 radical (unpaired) electrons. The van der Waals surface area contributed by atoms with Crippen LogP contribution in [0.3, 0.4) is 0 Å².